The van der Waals surface area contributed by atoms with E-state index >= 15 is 0 Å². The van der Waals surface area contributed by atoms with Gasteiger partial charge < -0.3 is 10.5 Å². The molecule has 1 heterocycles. The molecule has 7 heteroatoms. The summed E-state index contributed by atoms with van der Waals surface area (Å²) in [6, 6.07) is 7.80. The Morgan fingerprint density at radius 3 is 2.84 bits per heavy atom. The monoisotopic (exact) mass is 323 g/mol. The van der Waals surface area contributed by atoms with Crippen molar-refractivity contribution in [3.63, 3.8) is 0 Å². The van der Waals surface area contributed by atoms with Crippen LogP contribution in [0.2, 0.25) is 0 Å². The van der Waals surface area contributed by atoms with Crippen LogP contribution in [0.4, 0.5) is 11.5 Å². The van der Waals surface area contributed by atoms with E-state index < -0.39 is 4.92 Å². The average Bonchev–Trinajstić information content (AvgIpc) is 2.37. The van der Waals surface area contributed by atoms with Gasteiger partial charge in [0.25, 0.3) is 5.69 Å². The number of nitrogen functional groups attached to an aromatic ring is 1. The summed E-state index contributed by atoms with van der Waals surface area (Å²) < 4.78 is 6.19. The van der Waals surface area contributed by atoms with E-state index in [4.69, 9.17) is 10.5 Å². The number of non-ortho nitro benzene ring substituents is 1. The molecular formula is C12H10BrN3O3. The van der Waals surface area contributed by atoms with Crippen molar-refractivity contribution in [2.24, 2.45) is 0 Å². The Bertz CT molecular complexity index is 619. The lowest BCUT2D eigenvalue weighted by Crippen LogP contribution is -1.99. The van der Waals surface area contributed by atoms with Gasteiger partial charge in [0.1, 0.15) is 18.2 Å². The molecule has 0 saturated heterocycles. The first-order valence-electron chi connectivity index (χ1n) is 5.33. The van der Waals surface area contributed by atoms with Crippen LogP contribution in [0, 0.1) is 10.1 Å². The van der Waals surface area contributed by atoms with Gasteiger partial charge >= 0.3 is 0 Å². The first-order valence-corrected chi connectivity index (χ1v) is 6.12. The van der Waals surface area contributed by atoms with Crippen LogP contribution in [0.1, 0.15) is 5.56 Å². The van der Waals surface area contributed by atoms with Crippen molar-refractivity contribution in [3.05, 3.63) is 56.7 Å². The molecular weight excluding hydrogens is 314 g/mol. The summed E-state index contributed by atoms with van der Waals surface area (Å²) in [5.41, 5.74) is 6.37. The molecule has 0 fully saturated rings. The molecule has 0 atom stereocenters. The van der Waals surface area contributed by atoms with Crippen molar-refractivity contribution >= 4 is 27.4 Å². The number of nitro benzene ring substituents is 1. The highest BCUT2D eigenvalue weighted by Gasteiger charge is 2.10. The van der Waals surface area contributed by atoms with Gasteiger partial charge in [-0.2, -0.15) is 0 Å². The SMILES string of the molecule is Nc1cc(COc2cc([N+](=O)[O-])ccc2Br)ccn1. The smallest absolute Gasteiger partial charge is 0.273 e. The zero-order valence-corrected chi connectivity index (χ0v) is 11.3. The van der Waals surface area contributed by atoms with E-state index in [2.05, 4.69) is 20.9 Å². The lowest BCUT2D eigenvalue weighted by Gasteiger charge is -2.08. The maximum atomic E-state index is 10.7. The molecule has 98 valence electrons. The molecule has 0 spiro atoms. The Morgan fingerprint density at radius 2 is 2.16 bits per heavy atom. The molecule has 1 aromatic carbocycles. The molecule has 0 amide bonds. The van der Waals surface area contributed by atoms with Gasteiger partial charge in [-0.05, 0) is 39.7 Å². The highest BCUT2D eigenvalue weighted by atomic mass is 79.9. The zero-order chi connectivity index (χ0) is 13.8. The second-order valence-corrected chi connectivity index (χ2v) is 4.60. The summed E-state index contributed by atoms with van der Waals surface area (Å²) >= 11 is 3.28. The van der Waals surface area contributed by atoms with Crippen molar-refractivity contribution in [2.75, 3.05) is 5.73 Å². The number of halogens is 1. The summed E-state index contributed by atoms with van der Waals surface area (Å²) in [5, 5.41) is 10.7. The van der Waals surface area contributed by atoms with Gasteiger partial charge in [-0.15, -0.1) is 0 Å². The molecule has 1 aromatic heterocycles. The summed E-state index contributed by atoms with van der Waals surface area (Å²) in [4.78, 5) is 14.1. The van der Waals surface area contributed by atoms with Crippen LogP contribution in [-0.2, 0) is 6.61 Å². The van der Waals surface area contributed by atoms with Gasteiger partial charge in [0.15, 0.2) is 0 Å². The third-order valence-corrected chi connectivity index (χ3v) is 3.02. The first kappa shape index (κ1) is 13.3. The molecule has 2 rings (SSSR count). The van der Waals surface area contributed by atoms with Gasteiger partial charge in [-0.25, -0.2) is 4.98 Å². The number of anilines is 1. The quantitative estimate of drug-likeness (QED) is 0.690. The van der Waals surface area contributed by atoms with Gasteiger partial charge in [0.2, 0.25) is 0 Å². The average molecular weight is 324 g/mol. The number of nitrogens with two attached hydrogens (primary N) is 1. The minimum atomic E-state index is -0.469. The number of nitrogens with zero attached hydrogens (tertiary/aromatic N) is 2. The van der Waals surface area contributed by atoms with Crippen molar-refractivity contribution in [1.29, 1.82) is 0 Å². The first-order chi connectivity index (χ1) is 9.06. The second-order valence-electron chi connectivity index (χ2n) is 3.75. The van der Waals surface area contributed by atoms with Crippen LogP contribution in [0.15, 0.2) is 41.0 Å². The second kappa shape index (κ2) is 5.66. The maximum Gasteiger partial charge on any atom is 0.273 e. The number of hydrogen-bond acceptors (Lipinski definition) is 5. The van der Waals surface area contributed by atoms with Crippen molar-refractivity contribution in [2.45, 2.75) is 6.61 Å². The Morgan fingerprint density at radius 1 is 1.37 bits per heavy atom. The number of ether oxygens (including phenoxy) is 1. The van der Waals surface area contributed by atoms with Gasteiger partial charge in [-0.3, -0.25) is 10.1 Å². The van der Waals surface area contributed by atoms with Crippen LogP contribution >= 0.6 is 15.9 Å². The standard InChI is InChI=1S/C12H10BrN3O3/c13-10-2-1-9(16(17)18)6-11(10)19-7-8-3-4-15-12(14)5-8/h1-6H,7H2,(H2,14,15). The molecule has 0 aliphatic rings. The lowest BCUT2D eigenvalue weighted by molar-refractivity contribution is -0.385. The van der Waals surface area contributed by atoms with E-state index in [0.717, 1.165) is 5.56 Å². The summed E-state index contributed by atoms with van der Waals surface area (Å²) in [6.45, 7) is 0.256. The van der Waals surface area contributed by atoms with Crippen molar-refractivity contribution in [1.82, 2.24) is 4.98 Å². The van der Waals surface area contributed by atoms with Crippen LogP contribution in [0.25, 0.3) is 0 Å². The third kappa shape index (κ3) is 3.41. The van der Waals surface area contributed by atoms with Crippen molar-refractivity contribution in [3.8, 4) is 5.75 Å². The largest absolute Gasteiger partial charge is 0.487 e. The Kier molecular flexibility index (Phi) is 3.96. The number of rotatable bonds is 4. The number of hydrogen-bond donors (Lipinski definition) is 1. The highest BCUT2D eigenvalue weighted by Crippen LogP contribution is 2.29. The Balaban J connectivity index is 2.15. The van der Waals surface area contributed by atoms with E-state index in [1.165, 1.54) is 12.1 Å². The summed E-state index contributed by atoms with van der Waals surface area (Å²) in [6.07, 6.45) is 1.58. The van der Waals surface area contributed by atoms with E-state index in [-0.39, 0.29) is 12.3 Å². The van der Waals surface area contributed by atoms with Crippen LogP contribution in [0.5, 0.6) is 5.75 Å². The molecule has 6 nitrogen and oxygen atoms in total. The molecule has 2 aromatic rings. The Hall–Kier alpha value is -2.15. The lowest BCUT2D eigenvalue weighted by atomic mass is 10.2. The maximum absolute atomic E-state index is 10.7. The minimum absolute atomic E-state index is 0.0209. The number of aromatic nitrogens is 1. The molecule has 0 radical (unpaired) electrons. The molecule has 0 saturated carbocycles. The zero-order valence-electron chi connectivity index (χ0n) is 9.75. The summed E-state index contributed by atoms with van der Waals surface area (Å²) in [7, 11) is 0. The molecule has 0 aliphatic heterocycles. The van der Waals surface area contributed by atoms with E-state index in [1.54, 1.807) is 24.4 Å². The highest BCUT2D eigenvalue weighted by molar-refractivity contribution is 9.10. The fourth-order valence-corrected chi connectivity index (χ4v) is 1.82. The van der Waals surface area contributed by atoms with Crippen LogP contribution < -0.4 is 10.5 Å². The van der Waals surface area contributed by atoms with E-state index in [0.29, 0.717) is 16.0 Å². The topological polar surface area (TPSA) is 91.3 Å². The van der Waals surface area contributed by atoms with Crippen LogP contribution in [-0.4, -0.2) is 9.91 Å². The normalized spacial score (nSPS) is 10.2. The number of benzene rings is 1. The molecule has 0 aliphatic carbocycles. The van der Waals surface area contributed by atoms with Gasteiger partial charge in [-0.1, -0.05) is 0 Å². The number of pyridine rings is 1. The number of nitro groups is 1. The third-order valence-electron chi connectivity index (χ3n) is 2.37. The fraction of sp³-hybridized carbons (Fsp3) is 0.0833. The van der Waals surface area contributed by atoms with Crippen LogP contribution in [0.3, 0.4) is 0 Å². The minimum Gasteiger partial charge on any atom is -0.487 e. The van der Waals surface area contributed by atoms with E-state index in [9.17, 15) is 10.1 Å². The molecule has 2 N–H and O–H groups in total. The molecule has 0 bridgehead atoms. The fourth-order valence-electron chi connectivity index (χ4n) is 1.46. The van der Waals surface area contributed by atoms with E-state index in [1.807, 2.05) is 0 Å². The van der Waals surface area contributed by atoms with Crippen molar-refractivity contribution < 1.29 is 9.66 Å². The predicted molar refractivity (Wildman–Crippen MR) is 73.8 cm³/mol. The van der Waals surface area contributed by atoms with Gasteiger partial charge in [0.05, 0.1) is 15.5 Å². The Labute approximate surface area is 117 Å². The van der Waals surface area contributed by atoms with Gasteiger partial charge in [0, 0.05) is 12.3 Å². The molecule has 0 unspecified atom stereocenters. The molecule has 19 heavy (non-hydrogen) atoms. The summed E-state index contributed by atoms with van der Waals surface area (Å²) in [5.74, 6) is 0.809. The predicted octanol–water partition coefficient (Wildman–Crippen LogP) is 2.91.